The summed E-state index contributed by atoms with van der Waals surface area (Å²) < 4.78 is 8.27. The molecule has 0 saturated heterocycles. The molecule has 4 nitrogen and oxygen atoms in total. The molecular weight excluding hydrogens is 282 g/mol. The van der Waals surface area contributed by atoms with Gasteiger partial charge in [0.1, 0.15) is 0 Å². The van der Waals surface area contributed by atoms with Crippen LogP contribution in [0.5, 0.6) is 0 Å². The molecule has 1 fully saturated rings. The minimum atomic E-state index is 0.339. The number of nitrogens with two attached hydrogens (primary N) is 1. The van der Waals surface area contributed by atoms with E-state index in [0.717, 1.165) is 23.9 Å². The fourth-order valence-corrected chi connectivity index (χ4v) is 3.23. The van der Waals surface area contributed by atoms with E-state index in [-0.39, 0.29) is 0 Å². The molecule has 1 aliphatic carbocycles. The zero-order valence-corrected chi connectivity index (χ0v) is 11.8. The molecule has 2 N–H and O–H groups in total. The van der Waals surface area contributed by atoms with Crippen molar-refractivity contribution in [1.29, 1.82) is 0 Å². The van der Waals surface area contributed by atoms with Crippen LogP contribution in [0, 0.1) is 0 Å². The van der Waals surface area contributed by atoms with E-state index in [2.05, 4.69) is 25.7 Å². The van der Waals surface area contributed by atoms with Crippen LogP contribution in [0.25, 0.3) is 0 Å². The van der Waals surface area contributed by atoms with Gasteiger partial charge in [0.15, 0.2) is 0 Å². The Labute approximate surface area is 111 Å². The van der Waals surface area contributed by atoms with Crippen LogP contribution in [0.4, 0.5) is 0 Å². The van der Waals surface area contributed by atoms with Gasteiger partial charge in [-0.3, -0.25) is 4.68 Å². The molecule has 0 radical (unpaired) electrons. The van der Waals surface area contributed by atoms with Gasteiger partial charge in [-0.2, -0.15) is 5.10 Å². The zero-order valence-electron chi connectivity index (χ0n) is 10.2. The van der Waals surface area contributed by atoms with Gasteiger partial charge >= 0.3 is 0 Å². The summed E-state index contributed by atoms with van der Waals surface area (Å²) in [5.41, 5.74) is 7.35. The van der Waals surface area contributed by atoms with E-state index in [1.807, 2.05) is 6.20 Å². The quantitative estimate of drug-likeness (QED) is 0.928. The molecular formula is C12H20BrN3O. The molecule has 0 aromatic carbocycles. The predicted molar refractivity (Wildman–Crippen MR) is 71.0 cm³/mol. The lowest BCUT2D eigenvalue weighted by Crippen LogP contribution is -2.28. The van der Waals surface area contributed by atoms with E-state index < -0.39 is 0 Å². The van der Waals surface area contributed by atoms with Crippen molar-refractivity contribution in [3.63, 3.8) is 0 Å². The second-order valence-electron chi connectivity index (χ2n) is 4.72. The fraction of sp³-hybridized carbons (Fsp3) is 0.750. The molecule has 2 rings (SSSR count). The SMILES string of the molecule is COCCn1ncc(Br)c1C1CCCC(N)C1. The second kappa shape index (κ2) is 5.98. The Morgan fingerprint density at radius 3 is 3.12 bits per heavy atom. The van der Waals surface area contributed by atoms with Crippen LogP contribution in [0.15, 0.2) is 10.7 Å². The maximum Gasteiger partial charge on any atom is 0.0658 e. The molecule has 1 aromatic heterocycles. The molecule has 2 unspecified atom stereocenters. The van der Waals surface area contributed by atoms with Crippen molar-refractivity contribution in [2.75, 3.05) is 13.7 Å². The number of halogens is 1. The van der Waals surface area contributed by atoms with Gasteiger partial charge in [-0.25, -0.2) is 0 Å². The minimum Gasteiger partial charge on any atom is -0.383 e. The zero-order chi connectivity index (χ0) is 12.3. The van der Waals surface area contributed by atoms with Crippen LogP contribution in [0.1, 0.15) is 37.3 Å². The third-order valence-electron chi connectivity index (χ3n) is 3.44. The van der Waals surface area contributed by atoms with E-state index in [0.29, 0.717) is 18.6 Å². The van der Waals surface area contributed by atoms with Gasteiger partial charge in [0.25, 0.3) is 0 Å². The van der Waals surface area contributed by atoms with Crippen LogP contribution < -0.4 is 5.73 Å². The summed E-state index contributed by atoms with van der Waals surface area (Å²) in [4.78, 5) is 0. The van der Waals surface area contributed by atoms with Gasteiger partial charge in [-0.15, -0.1) is 0 Å². The van der Waals surface area contributed by atoms with E-state index in [1.165, 1.54) is 18.5 Å². The summed E-state index contributed by atoms with van der Waals surface area (Å²) in [7, 11) is 1.72. The maximum absolute atomic E-state index is 6.06. The second-order valence-corrected chi connectivity index (χ2v) is 5.57. The van der Waals surface area contributed by atoms with Crippen LogP contribution >= 0.6 is 15.9 Å². The Morgan fingerprint density at radius 1 is 1.59 bits per heavy atom. The van der Waals surface area contributed by atoms with Crippen molar-refractivity contribution in [2.24, 2.45) is 5.73 Å². The van der Waals surface area contributed by atoms with Gasteiger partial charge in [0.2, 0.25) is 0 Å². The standard InChI is InChI=1S/C12H20BrN3O/c1-17-6-5-16-12(11(13)8-15-16)9-3-2-4-10(14)7-9/h8-10H,2-7,14H2,1H3. The van der Waals surface area contributed by atoms with Crippen molar-refractivity contribution in [2.45, 2.75) is 44.2 Å². The highest BCUT2D eigenvalue weighted by Gasteiger charge is 2.25. The van der Waals surface area contributed by atoms with E-state index in [4.69, 9.17) is 10.5 Å². The number of aromatic nitrogens is 2. The molecule has 5 heteroatoms. The van der Waals surface area contributed by atoms with Gasteiger partial charge < -0.3 is 10.5 Å². The molecule has 1 heterocycles. The topological polar surface area (TPSA) is 53.1 Å². The minimum absolute atomic E-state index is 0.339. The largest absolute Gasteiger partial charge is 0.383 e. The van der Waals surface area contributed by atoms with Crippen molar-refractivity contribution in [3.8, 4) is 0 Å². The molecule has 0 aliphatic heterocycles. The van der Waals surface area contributed by atoms with Crippen LogP contribution in [-0.4, -0.2) is 29.5 Å². The van der Waals surface area contributed by atoms with Crippen LogP contribution in [0.2, 0.25) is 0 Å². The van der Waals surface area contributed by atoms with Crippen molar-refractivity contribution in [1.82, 2.24) is 9.78 Å². The molecule has 17 heavy (non-hydrogen) atoms. The highest BCUT2D eigenvalue weighted by atomic mass is 79.9. The monoisotopic (exact) mass is 301 g/mol. The van der Waals surface area contributed by atoms with Gasteiger partial charge in [-0.05, 0) is 35.2 Å². The Hall–Kier alpha value is -0.390. The molecule has 0 spiro atoms. The van der Waals surface area contributed by atoms with Crippen molar-refractivity contribution in [3.05, 3.63) is 16.4 Å². The number of ether oxygens (including phenoxy) is 1. The Kier molecular flexibility index (Phi) is 4.59. The van der Waals surface area contributed by atoms with E-state index in [1.54, 1.807) is 7.11 Å². The Morgan fingerprint density at radius 2 is 2.41 bits per heavy atom. The lowest BCUT2D eigenvalue weighted by Gasteiger charge is -2.27. The summed E-state index contributed by atoms with van der Waals surface area (Å²) in [5.74, 6) is 0.535. The third kappa shape index (κ3) is 3.09. The lowest BCUT2D eigenvalue weighted by atomic mass is 9.84. The average Bonchev–Trinajstić information content (AvgIpc) is 2.68. The first-order valence-electron chi connectivity index (χ1n) is 6.18. The molecule has 0 amide bonds. The van der Waals surface area contributed by atoms with Crippen LogP contribution in [0.3, 0.4) is 0 Å². The first-order valence-corrected chi connectivity index (χ1v) is 6.97. The van der Waals surface area contributed by atoms with Gasteiger partial charge in [-0.1, -0.05) is 6.42 Å². The summed E-state index contributed by atoms with van der Waals surface area (Å²) >= 11 is 3.60. The number of nitrogens with zero attached hydrogens (tertiary/aromatic N) is 2. The number of methoxy groups -OCH3 is 1. The third-order valence-corrected chi connectivity index (χ3v) is 4.05. The smallest absolute Gasteiger partial charge is 0.0658 e. The normalized spacial score (nSPS) is 25.1. The van der Waals surface area contributed by atoms with E-state index >= 15 is 0 Å². The Bertz CT molecular complexity index is 367. The van der Waals surface area contributed by atoms with Gasteiger partial charge in [0, 0.05) is 19.1 Å². The fourth-order valence-electron chi connectivity index (χ4n) is 2.61. The lowest BCUT2D eigenvalue weighted by molar-refractivity contribution is 0.181. The van der Waals surface area contributed by atoms with Crippen molar-refractivity contribution >= 4 is 15.9 Å². The molecule has 1 aliphatic rings. The molecule has 1 aromatic rings. The summed E-state index contributed by atoms with van der Waals surface area (Å²) in [6.07, 6.45) is 6.53. The van der Waals surface area contributed by atoms with Gasteiger partial charge in [0.05, 0.1) is 29.5 Å². The number of hydrogen-bond donors (Lipinski definition) is 1. The highest BCUT2D eigenvalue weighted by Crippen LogP contribution is 2.35. The first kappa shape index (κ1) is 13.1. The molecule has 2 atom stereocenters. The van der Waals surface area contributed by atoms with E-state index in [9.17, 15) is 0 Å². The molecule has 0 bridgehead atoms. The first-order chi connectivity index (χ1) is 8.22. The molecule has 96 valence electrons. The Balaban J connectivity index is 2.14. The molecule has 1 saturated carbocycles. The maximum atomic E-state index is 6.06. The van der Waals surface area contributed by atoms with Crippen molar-refractivity contribution < 1.29 is 4.74 Å². The van der Waals surface area contributed by atoms with Crippen LogP contribution in [-0.2, 0) is 11.3 Å². The summed E-state index contributed by atoms with van der Waals surface area (Å²) in [6, 6.07) is 0.339. The summed E-state index contributed by atoms with van der Waals surface area (Å²) in [6.45, 7) is 1.50. The number of rotatable bonds is 4. The number of hydrogen-bond acceptors (Lipinski definition) is 3. The highest BCUT2D eigenvalue weighted by molar-refractivity contribution is 9.10. The predicted octanol–water partition coefficient (Wildman–Crippen LogP) is 2.28. The average molecular weight is 302 g/mol. The summed E-state index contributed by atoms with van der Waals surface area (Å²) in [5, 5.41) is 4.40.